The van der Waals surface area contributed by atoms with Crippen molar-refractivity contribution in [1.29, 1.82) is 0 Å². The van der Waals surface area contributed by atoms with Crippen molar-refractivity contribution in [2.24, 2.45) is 0 Å². The maximum Gasteiger partial charge on any atom is 0.264 e. The van der Waals surface area contributed by atoms with Gasteiger partial charge < -0.3 is 9.64 Å². The van der Waals surface area contributed by atoms with Gasteiger partial charge in [0, 0.05) is 12.6 Å². The van der Waals surface area contributed by atoms with Crippen molar-refractivity contribution < 1.29 is 22.3 Å². The first-order valence-electron chi connectivity index (χ1n) is 11.7. The number of hydrogen-bond donors (Lipinski definition) is 0. The Labute approximate surface area is 205 Å². The Morgan fingerprint density at radius 3 is 2.46 bits per heavy atom. The van der Waals surface area contributed by atoms with Gasteiger partial charge >= 0.3 is 0 Å². The molecule has 1 unspecified atom stereocenters. The molecule has 1 amide bonds. The van der Waals surface area contributed by atoms with Crippen LogP contribution < -0.4 is 4.31 Å². The van der Waals surface area contributed by atoms with Crippen molar-refractivity contribution in [3.05, 3.63) is 95.3 Å². The molecule has 0 aliphatic carbocycles. The van der Waals surface area contributed by atoms with Gasteiger partial charge in [0.25, 0.3) is 15.9 Å². The van der Waals surface area contributed by atoms with Crippen LogP contribution in [0.5, 0.6) is 0 Å². The number of hydrogen-bond acceptors (Lipinski definition) is 4. The van der Waals surface area contributed by atoms with Crippen molar-refractivity contribution >= 4 is 21.6 Å². The number of amides is 1. The van der Waals surface area contributed by atoms with Gasteiger partial charge in [-0.05, 0) is 55.7 Å². The fourth-order valence-corrected chi connectivity index (χ4v) is 6.70. The maximum absolute atomic E-state index is 14.9. The monoisotopic (exact) mass is 494 g/mol. The molecule has 182 valence electrons. The molecule has 0 aromatic heterocycles. The molecular formula is C27H27FN2O4S. The van der Waals surface area contributed by atoms with Crippen molar-refractivity contribution in [3.63, 3.8) is 0 Å². The topological polar surface area (TPSA) is 66.9 Å². The molecule has 6 nitrogen and oxygen atoms in total. The average Bonchev–Trinajstić information content (AvgIpc) is 3.20. The summed E-state index contributed by atoms with van der Waals surface area (Å²) in [5, 5.41) is 0. The molecule has 0 radical (unpaired) electrons. The van der Waals surface area contributed by atoms with Crippen LogP contribution in [0.1, 0.15) is 41.4 Å². The number of carbonyl (C=O) groups is 1. The minimum atomic E-state index is -4.00. The Bertz CT molecular complexity index is 1360. The third kappa shape index (κ3) is 4.32. The van der Waals surface area contributed by atoms with Crippen molar-refractivity contribution in [2.45, 2.75) is 43.4 Å². The van der Waals surface area contributed by atoms with E-state index in [2.05, 4.69) is 0 Å². The fraction of sp³-hybridized carbons (Fsp3) is 0.296. The van der Waals surface area contributed by atoms with E-state index in [1.165, 1.54) is 15.3 Å². The molecule has 5 rings (SSSR count). The molecule has 0 bridgehead atoms. The molecule has 3 aromatic rings. The number of anilines is 1. The molecule has 1 saturated heterocycles. The lowest BCUT2D eigenvalue weighted by molar-refractivity contribution is -0.0692. The standard InChI is InChI=1S/C27H27FN2O4S/c1-18-14-21-10-6-7-11-25(21)30(18)35(32,33)22-12-13-24(28)23(15-22)27(31)29-16-19(2)34-26(17-29)20-8-4-3-5-9-20/h3-13,15,18-19,26H,14,16-17H2,1-2H3/t18?,19-,26-/m1/s1. The third-order valence-electron chi connectivity index (χ3n) is 6.59. The molecule has 0 saturated carbocycles. The summed E-state index contributed by atoms with van der Waals surface area (Å²) in [5.41, 5.74) is 2.23. The van der Waals surface area contributed by atoms with E-state index in [1.54, 1.807) is 12.1 Å². The normalized spacial score (nSPS) is 22.2. The van der Waals surface area contributed by atoms with Crippen molar-refractivity contribution in [1.82, 2.24) is 4.90 Å². The first-order chi connectivity index (χ1) is 16.8. The van der Waals surface area contributed by atoms with Crippen LogP contribution in [0.3, 0.4) is 0 Å². The Balaban J connectivity index is 1.46. The largest absolute Gasteiger partial charge is 0.367 e. The molecule has 1 fully saturated rings. The van der Waals surface area contributed by atoms with Crippen LogP contribution in [0.4, 0.5) is 10.1 Å². The molecule has 2 aliphatic rings. The summed E-state index contributed by atoms with van der Waals surface area (Å²) in [5.74, 6) is -1.30. The van der Waals surface area contributed by atoms with Gasteiger partial charge in [0.05, 0.1) is 28.8 Å². The lowest BCUT2D eigenvalue weighted by Gasteiger charge is -2.37. The lowest BCUT2D eigenvalue weighted by atomic mass is 10.1. The van der Waals surface area contributed by atoms with Crippen LogP contribution in [0, 0.1) is 5.82 Å². The highest BCUT2D eigenvalue weighted by atomic mass is 32.2. The van der Waals surface area contributed by atoms with Gasteiger partial charge in [-0.2, -0.15) is 0 Å². The summed E-state index contributed by atoms with van der Waals surface area (Å²) < 4.78 is 49.5. The zero-order valence-electron chi connectivity index (χ0n) is 19.6. The van der Waals surface area contributed by atoms with Gasteiger partial charge in [0.2, 0.25) is 0 Å². The molecule has 0 spiro atoms. The quantitative estimate of drug-likeness (QED) is 0.533. The van der Waals surface area contributed by atoms with E-state index in [-0.39, 0.29) is 41.8 Å². The van der Waals surface area contributed by atoms with Crippen LogP contribution in [0.2, 0.25) is 0 Å². The Morgan fingerprint density at radius 2 is 1.69 bits per heavy atom. The van der Waals surface area contributed by atoms with Crippen LogP contribution in [-0.4, -0.2) is 44.5 Å². The summed E-state index contributed by atoms with van der Waals surface area (Å²) in [7, 11) is -4.00. The highest BCUT2D eigenvalue weighted by molar-refractivity contribution is 7.92. The first-order valence-corrected chi connectivity index (χ1v) is 13.1. The van der Waals surface area contributed by atoms with E-state index in [0.29, 0.717) is 12.1 Å². The molecule has 3 atom stereocenters. The highest BCUT2D eigenvalue weighted by Gasteiger charge is 2.37. The van der Waals surface area contributed by atoms with E-state index in [4.69, 9.17) is 4.74 Å². The van der Waals surface area contributed by atoms with Gasteiger partial charge in [-0.15, -0.1) is 0 Å². The van der Waals surface area contributed by atoms with Gasteiger partial charge in [0.15, 0.2) is 0 Å². The summed E-state index contributed by atoms with van der Waals surface area (Å²) in [6, 6.07) is 20.1. The van der Waals surface area contributed by atoms with E-state index in [9.17, 15) is 17.6 Å². The summed E-state index contributed by atoms with van der Waals surface area (Å²) in [6.07, 6.45) is -0.00905. The molecule has 8 heteroatoms. The number of para-hydroxylation sites is 1. The predicted molar refractivity (Wildman–Crippen MR) is 131 cm³/mol. The van der Waals surface area contributed by atoms with Crippen LogP contribution in [0.15, 0.2) is 77.7 Å². The Morgan fingerprint density at radius 1 is 0.971 bits per heavy atom. The number of sulfonamides is 1. The zero-order valence-corrected chi connectivity index (χ0v) is 20.4. The number of rotatable bonds is 4. The van der Waals surface area contributed by atoms with E-state index in [0.717, 1.165) is 23.3 Å². The number of halogens is 1. The summed E-state index contributed by atoms with van der Waals surface area (Å²) >= 11 is 0. The molecule has 0 N–H and O–H groups in total. The van der Waals surface area contributed by atoms with E-state index < -0.39 is 21.7 Å². The van der Waals surface area contributed by atoms with Crippen LogP contribution >= 0.6 is 0 Å². The zero-order chi connectivity index (χ0) is 24.7. The molecular weight excluding hydrogens is 467 g/mol. The SMILES string of the molecule is CC1Cc2ccccc2N1S(=O)(=O)c1ccc(F)c(C(=O)N2C[C@@H](C)O[C@@H](c3ccccc3)C2)c1. The van der Waals surface area contributed by atoms with Crippen molar-refractivity contribution in [2.75, 3.05) is 17.4 Å². The van der Waals surface area contributed by atoms with Crippen LogP contribution in [0.25, 0.3) is 0 Å². The number of morpholine rings is 1. The third-order valence-corrected chi connectivity index (χ3v) is 8.51. The molecule has 2 heterocycles. The van der Waals surface area contributed by atoms with Crippen LogP contribution in [-0.2, 0) is 21.2 Å². The second-order valence-corrected chi connectivity index (χ2v) is 11.0. The first kappa shape index (κ1) is 23.5. The second kappa shape index (κ2) is 9.09. The van der Waals surface area contributed by atoms with Crippen molar-refractivity contribution in [3.8, 4) is 0 Å². The molecule has 35 heavy (non-hydrogen) atoms. The Kier molecular flexibility index (Phi) is 6.11. The average molecular weight is 495 g/mol. The second-order valence-electron chi connectivity index (χ2n) is 9.18. The van der Waals surface area contributed by atoms with Gasteiger partial charge in [-0.25, -0.2) is 12.8 Å². The number of carbonyl (C=O) groups excluding carboxylic acids is 1. The van der Waals surface area contributed by atoms with E-state index >= 15 is 0 Å². The molecule has 3 aromatic carbocycles. The predicted octanol–water partition coefficient (Wildman–Crippen LogP) is 4.57. The van der Waals surface area contributed by atoms with E-state index in [1.807, 2.05) is 56.3 Å². The lowest BCUT2D eigenvalue weighted by Crippen LogP contribution is -2.46. The minimum Gasteiger partial charge on any atom is -0.367 e. The number of ether oxygens (including phenoxy) is 1. The summed E-state index contributed by atoms with van der Waals surface area (Å²) in [6.45, 7) is 4.24. The summed E-state index contributed by atoms with van der Waals surface area (Å²) in [4.78, 5) is 14.9. The number of fused-ring (bicyclic) bond motifs is 1. The minimum absolute atomic E-state index is 0.105. The number of benzene rings is 3. The van der Waals surface area contributed by atoms with Gasteiger partial charge in [0.1, 0.15) is 11.9 Å². The fourth-order valence-electron chi connectivity index (χ4n) is 4.99. The highest BCUT2D eigenvalue weighted by Crippen LogP contribution is 2.37. The smallest absolute Gasteiger partial charge is 0.264 e. The van der Waals surface area contributed by atoms with Gasteiger partial charge in [-0.3, -0.25) is 9.10 Å². The Hall–Kier alpha value is -3.23. The number of nitrogens with zero attached hydrogens (tertiary/aromatic N) is 2. The molecule has 2 aliphatic heterocycles. The maximum atomic E-state index is 14.9. The van der Waals surface area contributed by atoms with Gasteiger partial charge in [-0.1, -0.05) is 48.5 Å².